The molecule has 2 rings (SSSR count). The van der Waals surface area contributed by atoms with Gasteiger partial charge >= 0.3 is 0 Å². The Morgan fingerprint density at radius 2 is 1.47 bits per heavy atom. The Kier molecular flexibility index (Phi) is 9.79. The van der Waals surface area contributed by atoms with Crippen LogP contribution in [0.3, 0.4) is 0 Å². The zero-order valence-electron chi connectivity index (χ0n) is 12.9. The van der Waals surface area contributed by atoms with Gasteiger partial charge in [-0.15, -0.1) is 0 Å². The van der Waals surface area contributed by atoms with Gasteiger partial charge in [0.2, 0.25) is 0 Å². The number of hydrogen-bond acceptors (Lipinski definition) is 3. The molecular formula is C14H33N3. The molecule has 0 amide bonds. The quantitative estimate of drug-likeness (QED) is 0.697. The van der Waals surface area contributed by atoms with Gasteiger partial charge in [0.25, 0.3) is 0 Å². The molecule has 1 atom stereocenters. The van der Waals surface area contributed by atoms with Crippen LogP contribution in [0.15, 0.2) is 0 Å². The lowest BCUT2D eigenvalue weighted by molar-refractivity contribution is 0.0224. The van der Waals surface area contributed by atoms with Crippen LogP contribution in [-0.2, 0) is 0 Å². The first-order valence-corrected chi connectivity index (χ1v) is 7.44. The number of likely N-dealkylation sites (N-methyl/N-ethyl adjacent to an activating group) is 2. The normalized spacial score (nSPS) is 26.1. The third-order valence-electron chi connectivity index (χ3n) is 3.43. The van der Waals surface area contributed by atoms with E-state index in [9.17, 15) is 0 Å². The lowest BCUT2D eigenvalue weighted by atomic mass is 10.1. The summed E-state index contributed by atoms with van der Waals surface area (Å²) in [5.41, 5.74) is 0. The Balaban J connectivity index is 0.000000581. The Bertz CT molecular complexity index is 173. The van der Waals surface area contributed by atoms with Gasteiger partial charge in [-0.25, -0.2) is 0 Å². The first kappa shape index (κ1) is 16.9. The van der Waals surface area contributed by atoms with Gasteiger partial charge in [0.1, 0.15) is 0 Å². The molecule has 2 heterocycles. The van der Waals surface area contributed by atoms with Crippen molar-refractivity contribution in [1.29, 1.82) is 0 Å². The fourth-order valence-corrected chi connectivity index (χ4v) is 2.46. The van der Waals surface area contributed by atoms with Gasteiger partial charge in [0, 0.05) is 45.3 Å². The van der Waals surface area contributed by atoms with Crippen LogP contribution >= 0.6 is 0 Å². The van der Waals surface area contributed by atoms with E-state index >= 15 is 0 Å². The molecule has 0 radical (unpaired) electrons. The van der Waals surface area contributed by atoms with Gasteiger partial charge in [-0.1, -0.05) is 34.6 Å². The van der Waals surface area contributed by atoms with Crippen molar-refractivity contribution in [2.75, 3.05) is 52.9 Å². The van der Waals surface area contributed by atoms with Crippen molar-refractivity contribution in [2.45, 2.75) is 40.7 Å². The average Bonchev–Trinajstić information content (AvgIpc) is 2.42. The van der Waals surface area contributed by atoms with Crippen LogP contribution in [0.25, 0.3) is 0 Å². The molecule has 3 heteroatoms. The van der Waals surface area contributed by atoms with Crippen LogP contribution in [0.5, 0.6) is 0 Å². The van der Waals surface area contributed by atoms with Crippen molar-refractivity contribution in [3.63, 3.8) is 0 Å². The Labute approximate surface area is 109 Å². The third kappa shape index (κ3) is 5.36. The van der Waals surface area contributed by atoms with Gasteiger partial charge < -0.3 is 9.80 Å². The monoisotopic (exact) mass is 243 g/mol. The van der Waals surface area contributed by atoms with Crippen molar-refractivity contribution < 1.29 is 0 Å². The van der Waals surface area contributed by atoms with E-state index in [1.165, 1.54) is 45.8 Å². The second-order valence-corrected chi connectivity index (χ2v) is 4.35. The summed E-state index contributed by atoms with van der Waals surface area (Å²) in [5, 5.41) is 0. The predicted octanol–water partition coefficient (Wildman–Crippen LogP) is 1.99. The summed E-state index contributed by atoms with van der Waals surface area (Å²) in [7, 11) is 2.24. The van der Waals surface area contributed by atoms with Crippen LogP contribution < -0.4 is 0 Å². The third-order valence-corrected chi connectivity index (χ3v) is 3.43. The van der Waals surface area contributed by atoms with E-state index in [2.05, 4.69) is 28.7 Å². The maximum Gasteiger partial charge on any atom is 0.0351 e. The molecule has 17 heavy (non-hydrogen) atoms. The molecular weight excluding hydrogens is 210 g/mol. The average molecular weight is 243 g/mol. The van der Waals surface area contributed by atoms with E-state index < -0.39 is 0 Å². The van der Waals surface area contributed by atoms with Gasteiger partial charge in [-0.3, -0.25) is 4.90 Å². The number of nitrogens with zero attached hydrogens (tertiary/aromatic N) is 3. The van der Waals surface area contributed by atoms with E-state index in [1.54, 1.807) is 0 Å². The summed E-state index contributed by atoms with van der Waals surface area (Å²) in [6.07, 6.45) is 0. The Morgan fingerprint density at radius 3 is 2.06 bits per heavy atom. The minimum absolute atomic E-state index is 0.799. The molecule has 2 aliphatic rings. The van der Waals surface area contributed by atoms with Gasteiger partial charge in [0.05, 0.1) is 0 Å². The van der Waals surface area contributed by atoms with Crippen LogP contribution in [0, 0.1) is 0 Å². The van der Waals surface area contributed by atoms with E-state index in [0.717, 1.165) is 6.04 Å². The molecule has 2 saturated heterocycles. The summed E-state index contributed by atoms with van der Waals surface area (Å²) in [5.74, 6) is 0. The van der Waals surface area contributed by atoms with Gasteiger partial charge in [-0.2, -0.15) is 0 Å². The van der Waals surface area contributed by atoms with Crippen LogP contribution in [-0.4, -0.2) is 73.6 Å². The highest BCUT2D eigenvalue weighted by molar-refractivity contribution is 4.87. The summed E-state index contributed by atoms with van der Waals surface area (Å²) < 4.78 is 0. The van der Waals surface area contributed by atoms with E-state index in [0.29, 0.717) is 0 Å². The summed E-state index contributed by atoms with van der Waals surface area (Å²) in [6, 6.07) is 0.799. The highest BCUT2D eigenvalue weighted by Gasteiger charge is 2.29. The van der Waals surface area contributed by atoms with Crippen molar-refractivity contribution in [1.82, 2.24) is 14.7 Å². The SMILES string of the molecule is CC.CC.CCN1CCN2CCN(C)CC2C1. The topological polar surface area (TPSA) is 9.72 Å². The zero-order valence-corrected chi connectivity index (χ0v) is 12.9. The highest BCUT2D eigenvalue weighted by Crippen LogP contribution is 2.13. The molecule has 0 aromatic rings. The standard InChI is InChI=1S/C10H21N3.2C2H6/c1-3-12-5-7-13-6-4-11(2)8-10(13)9-12;2*1-2/h10H,3-9H2,1-2H3;2*1-2H3. The molecule has 0 spiro atoms. The Morgan fingerprint density at radius 1 is 0.882 bits per heavy atom. The number of fused-ring (bicyclic) bond motifs is 1. The summed E-state index contributed by atoms with van der Waals surface area (Å²) in [4.78, 5) is 7.69. The Hall–Kier alpha value is -0.120. The zero-order chi connectivity index (χ0) is 13.3. The van der Waals surface area contributed by atoms with Crippen LogP contribution in [0.4, 0.5) is 0 Å². The smallest absolute Gasteiger partial charge is 0.0351 e. The van der Waals surface area contributed by atoms with Crippen LogP contribution in [0.2, 0.25) is 0 Å². The number of rotatable bonds is 1. The molecule has 0 aliphatic carbocycles. The second-order valence-electron chi connectivity index (χ2n) is 4.35. The molecule has 0 saturated carbocycles. The summed E-state index contributed by atoms with van der Waals surface area (Å²) in [6.45, 7) is 19.1. The molecule has 2 aliphatic heterocycles. The largest absolute Gasteiger partial charge is 0.303 e. The minimum atomic E-state index is 0.799. The maximum absolute atomic E-state index is 2.66. The molecule has 3 nitrogen and oxygen atoms in total. The lowest BCUT2D eigenvalue weighted by Crippen LogP contribution is -2.61. The predicted molar refractivity (Wildman–Crippen MR) is 77.7 cm³/mol. The number of hydrogen-bond donors (Lipinski definition) is 0. The fourth-order valence-electron chi connectivity index (χ4n) is 2.46. The van der Waals surface area contributed by atoms with Gasteiger partial charge in [-0.05, 0) is 13.6 Å². The van der Waals surface area contributed by atoms with Crippen molar-refractivity contribution >= 4 is 0 Å². The molecule has 2 fully saturated rings. The molecule has 0 bridgehead atoms. The van der Waals surface area contributed by atoms with E-state index in [1.807, 2.05) is 27.7 Å². The summed E-state index contributed by atoms with van der Waals surface area (Å²) >= 11 is 0. The van der Waals surface area contributed by atoms with Crippen molar-refractivity contribution in [2.24, 2.45) is 0 Å². The van der Waals surface area contributed by atoms with Crippen molar-refractivity contribution in [3.8, 4) is 0 Å². The van der Waals surface area contributed by atoms with E-state index in [4.69, 9.17) is 0 Å². The van der Waals surface area contributed by atoms with Crippen LogP contribution in [0.1, 0.15) is 34.6 Å². The molecule has 1 unspecified atom stereocenters. The second kappa shape index (κ2) is 9.86. The fraction of sp³-hybridized carbons (Fsp3) is 1.00. The highest BCUT2D eigenvalue weighted by atomic mass is 15.3. The van der Waals surface area contributed by atoms with Gasteiger partial charge in [0.15, 0.2) is 0 Å². The minimum Gasteiger partial charge on any atom is -0.303 e. The lowest BCUT2D eigenvalue weighted by Gasteiger charge is -2.46. The molecule has 0 aromatic heterocycles. The molecule has 104 valence electrons. The molecule has 0 aromatic carbocycles. The first-order valence-electron chi connectivity index (χ1n) is 7.44. The number of piperazine rings is 2. The van der Waals surface area contributed by atoms with E-state index in [-0.39, 0.29) is 0 Å². The molecule has 0 N–H and O–H groups in total. The first-order chi connectivity index (χ1) is 8.29. The van der Waals surface area contributed by atoms with Crippen molar-refractivity contribution in [3.05, 3.63) is 0 Å². The maximum atomic E-state index is 2.66.